The third kappa shape index (κ3) is 3.08. The predicted octanol–water partition coefficient (Wildman–Crippen LogP) is -1.82. The van der Waals surface area contributed by atoms with Gasteiger partial charge in [-0.1, -0.05) is 0 Å². The van der Waals surface area contributed by atoms with Crippen molar-refractivity contribution in [3.8, 4) is 0 Å². The Balaban J connectivity index is 2.08. The highest BCUT2D eigenvalue weighted by Crippen LogP contribution is 2.23. The number of rotatable bonds is 4. The molecular weight excluding hydrogens is 288 g/mol. The van der Waals surface area contributed by atoms with Crippen LogP contribution in [0.5, 0.6) is 0 Å². The molecule has 20 heavy (non-hydrogen) atoms. The fraction of sp³-hybridized carbons (Fsp3) is 0.455. The van der Waals surface area contributed by atoms with Crippen LogP contribution in [0.15, 0.2) is 29.2 Å². The van der Waals surface area contributed by atoms with Crippen molar-refractivity contribution in [3.05, 3.63) is 24.3 Å². The van der Waals surface area contributed by atoms with E-state index in [1.54, 1.807) is 0 Å². The molecule has 1 aliphatic heterocycles. The first-order chi connectivity index (χ1) is 9.32. The summed E-state index contributed by atoms with van der Waals surface area (Å²) in [5.41, 5.74) is 0.479. The fourth-order valence-corrected chi connectivity index (χ4v) is 2.44. The van der Waals surface area contributed by atoms with Gasteiger partial charge in [0.2, 0.25) is 10.0 Å². The highest BCUT2D eigenvalue weighted by atomic mass is 32.2. The monoisotopic (exact) mass is 304 g/mol. The molecule has 6 N–H and O–H groups in total. The molecule has 1 fully saturated rings. The summed E-state index contributed by atoms with van der Waals surface area (Å²) in [7, 11) is -3.76. The minimum Gasteiger partial charge on any atom is -0.394 e. The summed E-state index contributed by atoms with van der Waals surface area (Å²) in [5.74, 6) is 0. The molecule has 1 heterocycles. The van der Waals surface area contributed by atoms with Gasteiger partial charge >= 0.3 is 0 Å². The molecule has 4 unspecified atom stereocenters. The van der Waals surface area contributed by atoms with Gasteiger partial charge in [-0.2, -0.15) is 0 Å². The highest BCUT2D eigenvalue weighted by Gasteiger charge is 2.42. The van der Waals surface area contributed by atoms with Crippen LogP contribution >= 0.6 is 0 Å². The summed E-state index contributed by atoms with van der Waals surface area (Å²) in [6, 6.07) is 5.51. The number of sulfonamides is 1. The number of ether oxygens (including phenoxy) is 1. The van der Waals surface area contributed by atoms with Gasteiger partial charge in [-0.15, -0.1) is 0 Å². The minimum absolute atomic E-state index is 0.0378. The molecule has 0 amide bonds. The summed E-state index contributed by atoms with van der Waals surface area (Å²) >= 11 is 0. The second-order valence-electron chi connectivity index (χ2n) is 4.47. The van der Waals surface area contributed by atoms with Crippen LogP contribution in [0.2, 0.25) is 0 Å². The minimum atomic E-state index is -3.76. The van der Waals surface area contributed by atoms with E-state index in [1.165, 1.54) is 24.3 Å². The molecule has 0 spiro atoms. The number of hydrogen-bond donors (Lipinski definition) is 5. The van der Waals surface area contributed by atoms with Crippen LogP contribution in [0.4, 0.5) is 5.69 Å². The van der Waals surface area contributed by atoms with Gasteiger partial charge in [0, 0.05) is 5.69 Å². The first kappa shape index (κ1) is 15.2. The van der Waals surface area contributed by atoms with Crippen LogP contribution in [0, 0.1) is 0 Å². The first-order valence-corrected chi connectivity index (χ1v) is 7.39. The van der Waals surface area contributed by atoms with Crippen molar-refractivity contribution >= 4 is 15.7 Å². The Morgan fingerprint density at radius 1 is 1.20 bits per heavy atom. The standard InChI is InChI=1S/C11H16N2O6S/c12-20(17,18)7-3-1-6(2-4-7)13-11-10(16)9(15)8(5-14)19-11/h1-4,8-11,13-16H,5H2,(H2,12,17,18). The topological polar surface area (TPSA) is 142 Å². The average molecular weight is 304 g/mol. The average Bonchev–Trinajstić information content (AvgIpc) is 2.66. The Labute approximate surface area is 115 Å². The molecule has 112 valence electrons. The number of nitrogens with two attached hydrogens (primary N) is 1. The van der Waals surface area contributed by atoms with E-state index < -0.39 is 41.2 Å². The van der Waals surface area contributed by atoms with Gasteiger partial charge in [-0.3, -0.25) is 0 Å². The summed E-state index contributed by atoms with van der Waals surface area (Å²) < 4.78 is 27.4. The van der Waals surface area contributed by atoms with Gasteiger partial charge in [0.1, 0.15) is 18.3 Å². The van der Waals surface area contributed by atoms with Gasteiger partial charge in [0.05, 0.1) is 11.5 Å². The second-order valence-corrected chi connectivity index (χ2v) is 6.03. The molecule has 1 aromatic rings. The molecule has 4 atom stereocenters. The summed E-state index contributed by atoms with van der Waals surface area (Å²) in [6.07, 6.45) is -4.17. The van der Waals surface area contributed by atoms with Crippen molar-refractivity contribution in [1.29, 1.82) is 0 Å². The van der Waals surface area contributed by atoms with Crippen LogP contribution in [0.3, 0.4) is 0 Å². The first-order valence-electron chi connectivity index (χ1n) is 5.85. The maximum absolute atomic E-state index is 11.1. The van der Waals surface area contributed by atoms with Crippen molar-refractivity contribution in [1.82, 2.24) is 0 Å². The van der Waals surface area contributed by atoms with Crippen LogP contribution in [0.1, 0.15) is 0 Å². The maximum Gasteiger partial charge on any atom is 0.238 e. The number of hydrogen-bond acceptors (Lipinski definition) is 7. The Morgan fingerprint density at radius 3 is 2.25 bits per heavy atom. The van der Waals surface area contributed by atoms with Crippen molar-refractivity contribution in [3.63, 3.8) is 0 Å². The van der Waals surface area contributed by atoms with Crippen molar-refractivity contribution in [2.75, 3.05) is 11.9 Å². The summed E-state index contributed by atoms with van der Waals surface area (Å²) in [4.78, 5) is -0.0378. The molecule has 8 nitrogen and oxygen atoms in total. The van der Waals surface area contributed by atoms with E-state index in [0.717, 1.165) is 0 Å². The zero-order valence-electron chi connectivity index (χ0n) is 10.4. The van der Waals surface area contributed by atoms with Gasteiger partial charge in [0.15, 0.2) is 6.23 Å². The predicted molar refractivity (Wildman–Crippen MR) is 69.2 cm³/mol. The Bertz CT molecular complexity index is 561. The second kappa shape index (κ2) is 5.64. The van der Waals surface area contributed by atoms with Crippen LogP contribution in [-0.4, -0.2) is 54.9 Å². The maximum atomic E-state index is 11.1. The third-order valence-corrected chi connectivity index (χ3v) is 3.96. The highest BCUT2D eigenvalue weighted by molar-refractivity contribution is 7.89. The number of benzene rings is 1. The van der Waals surface area contributed by atoms with Crippen LogP contribution < -0.4 is 10.5 Å². The van der Waals surface area contributed by atoms with E-state index in [9.17, 15) is 18.6 Å². The van der Waals surface area contributed by atoms with Gasteiger partial charge in [0.25, 0.3) is 0 Å². The van der Waals surface area contributed by atoms with Crippen molar-refractivity contribution in [2.24, 2.45) is 5.14 Å². The van der Waals surface area contributed by atoms with E-state index in [4.69, 9.17) is 15.0 Å². The Morgan fingerprint density at radius 2 is 1.80 bits per heavy atom. The van der Waals surface area contributed by atoms with E-state index >= 15 is 0 Å². The molecule has 0 bridgehead atoms. The number of aliphatic hydroxyl groups is 3. The molecule has 0 saturated carbocycles. The van der Waals surface area contributed by atoms with Gasteiger partial charge < -0.3 is 25.4 Å². The molecule has 0 radical (unpaired) electrons. The van der Waals surface area contributed by atoms with E-state index in [1.807, 2.05) is 0 Å². The number of nitrogens with one attached hydrogen (secondary N) is 1. The van der Waals surface area contributed by atoms with Crippen molar-refractivity contribution in [2.45, 2.75) is 29.4 Å². The lowest BCUT2D eigenvalue weighted by Gasteiger charge is -2.17. The fourth-order valence-electron chi connectivity index (χ4n) is 1.92. The zero-order chi connectivity index (χ0) is 14.9. The van der Waals surface area contributed by atoms with Crippen LogP contribution in [-0.2, 0) is 14.8 Å². The number of primary sulfonamides is 1. The molecule has 0 aromatic heterocycles. The quantitative estimate of drug-likeness (QED) is 0.441. The van der Waals surface area contributed by atoms with E-state index in [-0.39, 0.29) is 4.90 Å². The normalized spacial score (nSPS) is 30.4. The molecule has 1 aromatic carbocycles. The molecule has 2 rings (SSSR count). The van der Waals surface area contributed by atoms with Gasteiger partial charge in [-0.25, -0.2) is 13.6 Å². The van der Waals surface area contributed by atoms with E-state index in [2.05, 4.69) is 5.32 Å². The zero-order valence-corrected chi connectivity index (χ0v) is 11.2. The Hall–Kier alpha value is -1.23. The summed E-state index contributed by atoms with van der Waals surface area (Å²) in [5, 5.41) is 36.0. The third-order valence-electron chi connectivity index (χ3n) is 3.03. The number of aliphatic hydroxyl groups excluding tert-OH is 3. The van der Waals surface area contributed by atoms with Crippen molar-refractivity contribution < 1.29 is 28.5 Å². The van der Waals surface area contributed by atoms with Crippen LogP contribution in [0.25, 0.3) is 0 Å². The molecule has 0 aliphatic carbocycles. The molecular formula is C11H16N2O6S. The number of anilines is 1. The lowest BCUT2D eigenvalue weighted by molar-refractivity contribution is -0.0153. The summed E-state index contributed by atoms with van der Waals surface area (Å²) in [6.45, 7) is -0.416. The molecule has 1 saturated heterocycles. The van der Waals surface area contributed by atoms with E-state index in [0.29, 0.717) is 5.69 Å². The molecule has 9 heteroatoms. The lowest BCUT2D eigenvalue weighted by atomic mass is 10.1. The van der Waals surface area contributed by atoms with Gasteiger partial charge in [-0.05, 0) is 24.3 Å². The SMILES string of the molecule is NS(=O)(=O)c1ccc(NC2OC(CO)C(O)C2O)cc1. The Kier molecular flexibility index (Phi) is 4.28. The molecule has 1 aliphatic rings. The largest absolute Gasteiger partial charge is 0.394 e. The smallest absolute Gasteiger partial charge is 0.238 e. The lowest BCUT2D eigenvalue weighted by Crippen LogP contribution is -2.36.